The van der Waals surface area contributed by atoms with Gasteiger partial charge in [0.1, 0.15) is 10.4 Å². The maximum atomic E-state index is 12.8. The molecular weight excluding hydrogens is 356 g/mol. The summed E-state index contributed by atoms with van der Waals surface area (Å²) in [6.45, 7) is 7.10. The average Bonchev–Trinajstić information content (AvgIpc) is 3.28. The quantitative estimate of drug-likeness (QED) is 0.655. The highest BCUT2D eigenvalue weighted by atomic mass is 32.1. The van der Waals surface area contributed by atoms with Crippen molar-refractivity contribution in [1.82, 2.24) is 14.6 Å². The Morgan fingerprint density at radius 2 is 2.00 bits per heavy atom. The maximum Gasteiger partial charge on any atom is 0.428 e. The second-order valence-corrected chi connectivity index (χ2v) is 8.42. The van der Waals surface area contributed by atoms with E-state index in [1.165, 1.54) is 26.7 Å². The van der Waals surface area contributed by atoms with E-state index in [9.17, 15) is 14.4 Å². The molecule has 0 aromatic carbocycles. The van der Waals surface area contributed by atoms with Crippen molar-refractivity contribution >= 4 is 33.9 Å². The summed E-state index contributed by atoms with van der Waals surface area (Å²) < 4.78 is 7.96. The molecule has 0 atom stereocenters. The zero-order chi connectivity index (χ0) is 19.2. The van der Waals surface area contributed by atoms with Crippen LogP contribution in [0.4, 0.5) is 4.79 Å². The van der Waals surface area contributed by atoms with E-state index < -0.39 is 11.7 Å². The van der Waals surface area contributed by atoms with Crippen molar-refractivity contribution < 1.29 is 9.53 Å². The SMILES string of the molecule is Cc1c(C=NNC(=O)OC(C)(C)C)sc2c1c(=O)n(C1CC1)c(=O)n2C. The number of thiophene rings is 1. The highest BCUT2D eigenvalue weighted by Crippen LogP contribution is 2.33. The highest BCUT2D eigenvalue weighted by molar-refractivity contribution is 7.20. The smallest absolute Gasteiger partial charge is 0.428 e. The fourth-order valence-electron chi connectivity index (χ4n) is 2.68. The van der Waals surface area contributed by atoms with E-state index in [2.05, 4.69) is 10.5 Å². The molecule has 2 aromatic heterocycles. The van der Waals surface area contributed by atoms with Crippen molar-refractivity contribution in [2.75, 3.05) is 0 Å². The number of aryl methyl sites for hydroxylation is 2. The summed E-state index contributed by atoms with van der Waals surface area (Å²) in [6.07, 6.45) is 2.53. The summed E-state index contributed by atoms with van der Waals surface area (Å²) in [4.78, 5) is 38.2. The van der Waals surface area contributed by atoms with Gasteiger partial charge in [0, 0.05) is 13.1 Å². The van der Waals surface area contributed by atoms with E-state index in [0.29, 0.717) is 15.1 Å². The summed E-state index contributed by atoms with van der Waals surface area (Å²) in [5.41, 5.74) is 1.89. The van der Waals surface area contributed by atoms with Gasteiger partial charge in [-0.1, -0.05) is 0 Å². The number of ether oxygens (including phenoxy) is 1. The molecule has 0 radical (unpaired) electrons. The molecule has 26 heavy (non-hydrogen) atoms. The molecular formula is C17H22N4O4S. The van der Waals surface area contributed by atoms with Gasteiger partial charge in [-0.15, -0.1) is 11.3 Å². The van der Waals surface area contributed by atoms with Gasteiger partial charge < -0.3 is 4.74 Å². The Kier molecular flexibility index (Phi) is 4.51. The Morgan fingerprint density at radius 3 is 2.58 bits per heavy atom. The van der Waals surface area contributed by atoms with E-state index in [0.717, 1.165) is 18.4 Å². The minimum absolute atomic E-state index is 0.0100. The molecule has 1 amide bonds. The maximum absolute atomic E-state index is 12.8. The Labute approximate surface area is 154 Å². The number of hydrogen-bond acceptors (Lipinski definition) is 6. The summed E-state index contributed by atoms with van der Waals surface area (Å²) in [5.74, 6) is 0. The Bertz CT molecular complexity index is 1020. The van der Waals surface area contributed by atoms with Gasteiger partial charge in [0.05, 0.1) is 16.5 Å². The first-order valence-corrected chi connectivity index (χ1v) is 9.18. The van der Waals surface area contributed by atoms with Gasteiger partial charge in [-0.25, -0.2) is 15.0 Å². The monoisotopic (exact) mass is 378 g/mol. The molecule has 2 aromatic rings. The highest BCUT2D eigenvalue weighted by Gasteiger charge is 2.29. The second-order valence-electron chi connectivity index (χ2n) is 7.39. The van der Waals surface area contributed by atoms with Crippen LogP contribution in [0.15, 0.2) is 14.7 Å². The molecule has 140 valence electrons. The number of amides is 1. The topological polar surface area (TPSA) is 94.7 Å². The summed E-state index contributed by atoms with van der Waals surface area (Å²) in [5, 5.41) is 4.43. The molecule has 1 saturated carbocycles. The number of rotatable bonds is 3. The van der Waals surface area contributed by atoms with Gasteiger partial charge in [-0.05, 0) is 46.1 Å². The van der Waals surface area contributed by atoms with E-state index >= 15 is 0 Å². The van der Waals surface area contributed by atoms with Crippen molar-refractivity contribution in [3.05, 3.63) is 31.3 Å². The third-order valence-corrected chi connectivity index (χ3v) is 5.35. The third-order valence-electron chi connectivity index (χ3n) is 4.04. The van der Waals surface area contributed by atoms with Crippen molar-refractivity contribution in [2.45, 2.75) is 52.2 Å². The van der Waals surface area contributed by atoms with Crippen LogP contribution >= 0.6 is 11.3 Å². The Balaban J connectivity index is 1.95. The molecule has 0 unspecified atom stereocenters. The lowest BCUT2D eigenvalue weighted by atomic mass is 10.2. The first-order valence-electron chi connectivity index (χ1n) is 8.37. The molecule has 1 aliphatic carbocycles. The minimum Gasteiger partial charge on any atom is -0.443 e. The van der Waals surface area contributed by atoms with Crippen molar-refractivity contribution in [2.24, 2.45) is 12.1 Å². The Hall–Kier alpha value is -2.42. The molecule has 3 rings (SSSR count). The fourth-order valence-corrected chi connectivity index (χ4v) is 3.81. The van der Waals surface area contributed by atoms with Gasteiger partial charge in [-0.2, -0.15) is 5.10 Å². The van der Waals surface area contributed by atoms with Crippen LogP contribution in [0.2, 0.25) is 0 Å². The number of hydrogen-bond donors (Lipinski definition) is 1. The van der Waals surface area contributed by atoms with Crippen LogP contribution in [0.1, 0.15) is 50.1 Å². The second kappa shape index (κ2) is 6.39. The van der Waals surface area contributed by atoms with Crippen LogP contribution in [-0.2, 0) is 11.8 Å². The summed E-state index contributed by atoms with van der Waals surface area (Å²) in [6, 6.07) is 0.0100. The van der Waals surface area contributed by atoms with Crippen molar-refractivity contribution in [1.29, 1.82) is 0 Å². The van der Waals surface area contributed by atoms with Gasteiger partial charge in [0.15, 0.2) is 0 Å². The lowest BCUT2D eigenvalue weighted by Crippen LogP contribution is -2.38. The van der Waals surface area contributed by atoms with Gasteiger partial charge in [-0.3, -0.25) is 13.9 Å². The molecule has 0 saturated heterocycles. The molecule has 1 fully saturated rings. The van der Waals surface area contributed by atoms with Crippen molar-refractivity contribution in [3.63, 3.8) is 0 Å². The molecule has 1 N–H and O–H groups in total. The number of fused-ring (bicyclic) bond motifs is 1. The number of aromatic nitrogens is 2. The number of carbonyl (C=O) groups is 1. The number of carbonyl (C=O) groups excluding carboxylic acids is 1. The van der Waals surface area contributed by atoms with E-state index in [-0.39, 0.29) is 17.3 Å². The average molecular weight is 378 g/mol. The molecule has 0 aliphatic heterocycles. The van der Waals surface area contributed by atoms with E-state index in [1.807, 2.05) is 6.92 Å². The van der Waals surface area contributed by atoms with Crippen molar-refractivity contribution in [3.8, 4) is 0 Å². The zero-order valence-electron chi connectivity index (χ0n) is 15.5. The molecule has 8 nitrogen and oxygen atoms in total. The molecule has 2 heterocycles. The van der Waals surface area contributed by atoms with Gasteiger partial charge in [0.2, 0.25) is 0 Å². The zero-order valence-corrected chi connectivity index (χ0v) is 16.3. The molecule has 1 aliphatic rings. The predicted octanol–water partition coefficient (Wildman–Crippen LogP) is 2.26. The van der Waals surface area contributed by atoms with Crippen LogP contribution in [0.5, 0.6) is 0 Å². The summed E-state index contributed by atoms with van der Waals surface area (Å²) >= 11 is 1.29. The number of nitrogens with one attached hydrogen (secondary N) is 1. The number of hydrazone groups is 1. The lowest BCUT2D eigenvalue weighted by molar-refractivity contribution is 0.0529. The lowest BCUT2D eigenvalue weighted by Gasteiger charge is -2.18. The normalized spacial score (nSPS) is 15.0. The third kappa shape index (κ3) is 3.44. The van der Waals surface area contributed by atoms with Crippen LogP contribution in [0.3, 0.4) is 0 Å². The minimum atomic E-state index is -0.656. The predicted molar refractivity (Wildman–Crippen MR) is 101 cm³/mol. The van der Waals surface area contributed by atoms with E-state index in [1.54, 1.807) is 27.8 Å². The van der Waals surface area contributed by atoms with Crippen LogP contribution in [0.25, 0.3) is 10.2 Å². The first kappa shape index (κ1) is 18.4. The summed E-state index contributed by atoms with van der Waals surface area (Å²) in [7, 11) is 1.67. The fraction of sp³-hybridized carbons (Fsp3) is 0.529. The number of nitrogens with zero attached hydrogens (tertiary/aromatic N) is 3. The standard InChI is InChI=1S/C17H22N4O4S/c1-9-11(8-18-19-15(23)25-17(2,3)4)26-14-12(9)13(22)21(10-6-7-10)16(24)20(14)5/h8,10H,6-7H2,1-5H3,(H,19,23). The van der Waals surface area contributed by atoms with Gasteiger partial charge >= 0.3 is 11.8 Å². The van der Waals surface area contributed by atoms with E-state index in [4.69, 9.17) is 4.74 Å². The largest absolute Gasteiger partial charge is 0.443 e. The van der Waals surface area contributed by atoms with Crippen LogP contribution in [0, 0.1) is 6.92 Å². The molecule has 0 spiro atoms. The molecule has 0 bridgehead atoms. The van der Waals surface area contributed by atoms with Gasteiger partial charge in [0.25, 0.3) is 5.56 Å². The first-order chi connectivity index (χ1) is 12.1. The Morgan fingerprint density at radius 1 is 1.35 bits per heavy atom. The van der Waals surface area contributed by atoms with Crippen LogP contribution < -0.4 is 16.7 Å². The molecule has 9 heteroatoms. The van der Waals surface area contributed by atoms with Crippen LogP contribution in [-0.4, -0.2) is 27.0 Å².